The maximum atomic E-state index is 10.8. The second kappa shape index (κ2) is 2.51. The first-order valence-corrected chi connectivity index (χ1v) is 2.95. The molecule has 0 radical (unpaired) electrons. The third-order valence-electron chi connectivity index (χ3n) is 1.15. The summed E-state index contributed by atoms with van der Waals surface area (Å²) < 4.78 is 5.32. The summed E-state index contributed by atoms with van der Waals surface area (Å²) in [6.45, 7) is 1.68. The van der Waals surface area contributed by atoms with Crippen LogP contribution in [0, 0.1) is 0 Å². The lowest BCUT2D eigenvalue weighted by atomic mass is 10.4. The smallest absolute Gasteiger partial charge is 0.416 e. The van der Waals surface area contributed by atoms with E-state index in [0.717, 1.165) is 4.57 Å². The van der Waals surface area contributed by atoms with Gasteiger partial charge in [-0.3, -0.25) is 4.79 Å². The number of hydrogen-bond acceptors (Lipinski definition) is 3. The molecular weight excluding hydrogens is 134 g/mol. The zero-order valence-electron chi connectivity index (χ0n) is 5.53. The number of hydrogen-bond donors (Lipinski definition) is 0. The van der Waals surface area contributed by atoms with E-state index in [0.29, 0.717) is 6.42 Å². The van der Waals surface area contributed by atoms with Crippen molar-refractivity contribution >= 4 is 5.91 Å². The Hall–Kier alpha value is -1.32. The van der Waals surface area contributed by atoms with E-state index >= 15 is 0 Å². The van der Waals surface area contributed by atoms with Gasteiger partial charge in [-0.1, -0.05) is 6.92 Å². The zero-order valence-corrected chi connectivity index (χ0v) is 5.53. The first-order chi connectivity index (χ1) is 4.75. The van der Waals surface area contributed by atoms with Crippen molar-refractivity contribution < 1.29 is 9.21 Å². The number of aromatic nitrogens is 1. The first kappa shape index (κ1) is 6.80. The molecule has 4 heteroatoms. The minimum atomic E-state index is -0.619. The number of carbonyl (C=O) groups excluding carboxylic acids is 1. The van der Waals surface area contributed by atoms with Gasteiger partial charge in [-0.15, -0.1) is 0 Å². The lowest BCUT2D eigenvalue weighted by Gasteiger charge is -1.90. The summed E-state index contributed by atoms with van der Waals surface area (Å²) in [6, 6.07) is 0. The van der Waals surface area contributed by atoms with Crippen molar-refractivity contribution in [1.29, 1.82) is 0 Å². The molecule has 0 spiro atoms. The molecule has 0 aliphatic heterocycles. The van der Waals surface area contributed by atoms with Gasteiger partial charge in [0, 0.05) is 6.42 Å². The van der Waals surface area contributed by atoms with Crippen LogP contribution in [0.4, 0.5) is 0 Å². The minimum Gasteiger partial charge on any atom is -0.416 e. The molecule has 1 aromatic rings. The minimum absolute atomic E-state index is 0.251. The maximum absolute atomic E-state index is 10.8. The van der Waals surface area contributed by atoms with E-state index < -0.39 is 5.76 Å². The van der Waals surface area contributed by atoms with Crippen LogP contribution in [0.15, 0.2) is 21.7 Å². The molecular formula is C6H7NO3. The zero-order chi connectivity index (χ0) is 7.56. The third-order valence-corrected chi connectivity index (χ3v) is 1.15. The summed E-state index contributed by atoms with van der Waals surface area (Å²) in [5.74, 6) is -0.870. The maximum Gasteiger partial charge on any atom is 0.425 e. The quantitative estimate of drug-likeness (QED) is 0.572. The summed E-state index contributed by atoms with van der Waals surface area (Å²) in [7, 11) is 0. The highest BCUT2D eigenvalue weighted by Crippen LogP contribution is 1.85. The van der Waals surface area contributed by atoms with Gasteiger partial charge in [0.1, 0.15) is 6.26 Å². The van der Waals surface area contributed by atoms with Crippen LogP contribution in [0.1, 0.15) is 18.1 Å². The molecule has 0 saturated heterocycles. The van der Waals surface area contributed by atoms with Crippen molar-refractivity contribution in [3.63, 3.8) is 0 Å². The van der Waals surface area contributed by atoms with Crippen LogP contribution in [0.3, 0.4) is 0 Å². The molecule has 10 heavy (non-hydrogen) atoms. The Morgan fingerprint density at radius 3 is 2.90 bits per heavy atom. The Morgan fingerprint density at radius 1 is 1.80 bits per heavy atom. The fourth-order valence-corrected chi connectivity index (χ4v) is 0.622. The highest BCUT2D eigenvalue weighted by atomic mass is 16.4. The lowest BCUT2D eigenvalue weighted by Crippen LogP contribution is -2.20. The Labute approximate surface area is 57.1 Å². The first-order valence-electron chi connectivity index (χ1n) is 2.95. The van der Waals surface area contributed by atoms with Crippen LogP contribution in [0.2, 0.25) is 0 Å². The predicted molar refractivity (Wildman–Crippen MR) is 33.9 cm³/mol. The van der Waals surface area contributed by atoms with Crippen molar-refractivity contribution in [3.8, 4) is 0 Å². The van der Waals surface area contributed by atoms with E-state index in [9.17, 15) is 9.59 Å². The van der Waals surface area contributed by atoms with Gasteiger partial charge in [0.25, 0.3) is 0 Å². The molecule has 0 unspecified atom stereocenters. The summed E-state index contributed by atoms with van der Waals surface area (Å²) in [4.78, 5) is 21.4. The molecule has 1 heterocycles. The Morgan fingerprint density at radius 2 is 2.50 bits per heavy atom. The number of oxazole rings is 1. The average Bonchev–Trinajstić information content (AvgIpc) is 2.34. The second-order valence-electron chi connectivity index (χ2n) is 1.79. The molecule has 0 aliphatic carbocycles. The van der Waals surface area contributed by atoms with E-state index in [1.54, 1.807) is 6.92 Å². The molecule has 1 rings (SSSR count). The van der Waals surface area contributed by atoms with Gasteiger partial charge in [-0.05, 0) is 0 Å². The third kappa shape index (κ3) is 1.00. The fraction of sp³-hybridized carbons (Fsp3) is 0.333. The SMILES string of the molecule is CCC(=O)n1ccoc1=O. The van der Waals surface area contributed by atoms with Gasteiger partial charge in [0.2, 0.25) is 5.91 Å². The van der Waals surface area contributed by atoms with Crippen LogP contribution < -0.4 is 5.76 Å². The highest BCUT2D eigenvalue weighted by Gasteiger charge is 2.04. The van der Waals surface area contributed by atoms with E-state index in [2.05, 4.69) is 4.42 Å². The van der Waals surface area contributed by atoms with Crippen molar-refractivity contribution in [1.82, 2.24) is 4.57 Å². The summed E-state index contributed by atoms with van der Waals surface area (Å²) in [6.07, 6.45) is 2.81. The van der Waals surface area contributed by atoms with Crippen molar-refractivity contribution in [2.24, 2.45) is 0 Å². The number of nitrogens with zero attached hydrogens (tertiary/aromatic N) is 1. The molecule has 0 amide bonds. The van der Waals surface area contributed by atoms with Crippen molar-refractivity contribution in [2.45, 2.75) is 13.3 Å². The number of rotatable bonds is 1. The molecule has 0 bridgehead atoms. The summed E-state index contributed by atoms with van der Waals surface area (Å²) in [5, 5.41) is 0. The van der Waals surface area contributed by atoms with Crippen LogP contribution >= 0.6 is 0 Å². The lowest BCUT2D eigenvalue weighted by molar-refractivity contribution is 0.0900. The molecule has 1 aromatic heterocycles. The highest BCUT2D eigenvalue weighted by molar-refractivity contribution is 5.77. The fourth-order valence-electron chi connectivity index (χ4n) is 0.622. The average molecular weight is 141 g/mol. The monoisotopic (exact) mass is 141 g/mol. The largest absolute Gasteiger partial charge is 0.425 e. The van der Waals surface area contributed by atoms with Crippen LogP contribution in [0.25, 0.3) is 0 Å². The molecule has 0 N–H and O–H groups in total. The molecule has 0 aliphatic rings. The normalized spacial score (nSPS) is 9.70. The molecule has 0 saturated carbocycles. The molecule has 0 aromatic carbocycles. The second-order valence-corrected chi connectivity index (χ2v) is 1.79. The molecule has 4 nitrogen and oxygen atoms in total. The Balaban J connectivity index is 3.05. The standard InChI is InChI=1S/C6H7NO3/c1-2-5(8)7-3-4-10-6(7)9/h3-4H,2H2,1H3. The van der Waals surface area contributed by atoms with E-state index in [-0.39, 0.29) is 5.91 Å². The van der Waals surface area contributed by atoms with Crippen LogP contribution in [-0.2, 0) is 0 Å². The van der Waals surface area contributed by atoms with Gasteiger partial charge in [-0.25, -0.2) is 9.36 Å². The van der Waals surface area contributed by atoms with E-state index in [1.807, 2.05) is 0 Å². The van der Waals surface area contributed by atoms with Crippen molar-refractivity contribution in [2.75, 3.05) is 0 Å². The molecule has 0 atom stereocenters. The van der Waals surface area contributed by atoms with Crippen molar-refractivity contribution in [3.05, 3.63) is 23.0 Å². The van der Waals surface area contributed by atoms with Gasteiger partial charge in [0.05, 0.1) is 6.20 Å². The summed E-state index contributed by atoms with van der Waals surface area (Å²) in [5.41, 5.74) is 0. The number of carbonyl (C=O) groups is 1. The predicted octanol–water partition coefficient (Wildman–Crippen LogP) is 0.491. The van der Waals surface area contributed by atoms with Gasteiger partial charge in [-0.2, -0.15) is 0 Å². The van der Waals surface area contributed by atoms with E-state index in [4.69, 9.17) is 0 Å². The van der Waals surface area contributed by atoms with Gasteiger partial charge < -0.3 is 4.42 Å². The Bertz CT molecular complexity index is 283. The van der Waals surface area contributed by atoms with Gasteiger partial charge >= 0.3 is 5.76 Å². The van der Waals surface area contributed by atoms with Crippen LogP contribution in [-0.4, -0.2) is 10.5 Å². The molecule has 54 valence electrons. The van der Waals surface area contributed by atoms with E-state index in [1.165, 1.54) is 12.5 Å². The van der Waals surface area contributed by atoms with Gasteiger partial charge in [0.15, 0.2) is 0 Å². The topological polar surface area (TPSA) is 52.2 Å². The molecule has 0 fully saturated rings. The summed E-state index contributed by atoms with van der Waals surface area (Å²) >= 11 is 0. The Kier molecular flexibility index (Phi) is 1.71. The van der Waals surface area contributed by atoms with Crippen LogP contribution in [0.5, 0.6) is 0 Å².